The quantitative estimate of drug-likeness (QED) is 0.751. The first-order valence-electron chi connectivity index (χ1n) is 9.18. The molecule has 1 aliphatic heterocycles. The van der Waals surface area contributed by atoms with E-state index in [1.165, 1.54) is 4.90 Å². The van der Waals surface area contributed by atoms with Crippen LogP contribution in [-0.4, -0.2) is 85.3 Å². The first kappa shape index (κ1) is 21.2. The van der Waals surface area contributed by atoms with Crippen LogP contribution in [-0.2, 0) is 9.59 Å². The van der Waals surface area contributed by atoms with Crippen LogP contribution in [0.3, 0.4) is 0 Å². The van der Waals surface area contributed by atoms with Gasteiger partial charge in [0.05, 0.1) is 13.1 Å². The van der Waals surface area contributed by atoms with Gasteiger partial charge in [0.15, 0.2) is 0 Å². The van der Waals surface area contributed by atoms with E-state index in [1.54, 1.807) is 36.2 Å². The van der Waals surface area contributed by atoms with Crippen molar-refractivity contribution >= 4 is 29.3 Å². The zero-order valence-corrected chi connectivity index (χ0v) is 16.7. The number of benzene rings is 1. The number of nitrogens with one attached hydrogen (secondary N) is 1. The molecule has 1 N–H and O–H groups in total. The van der Waals surface area contributed by atoms with Crippen molar-refractivity contribution in [2.45, 2.75) is 13.3 Å². The number of carbonyl (C=O) groups is 3. The molecule has 2 rings (SSSR count). The zero-order valence-electron chi connectivity index (χ0n) is 15.9. The van der Waals surface area contributed by atoms with Gasteiger partial charge in [-0.25, -0.2) is 0 Å². The number of likely N-dealkylation sites (N-methyl/N-ethyl adjacent to an activating group) is 1. The van der Waals surface area contributed by atoms with Crippen molar-refractivity contribution in [1.82, 2.24) is 20.0 Å². The molecule has 7 nitrogen and oxygen atoms in total. The molecule has 0 unspecified atom stereocenters. The van der Waals surface area contributed by atoms with Gasteiger partial charge in [-0.1, -0.05) is 24.6 Å². The summed E-state index contributed by atoms with van der Waals surface area (Å²) in [5.74, 6) is -0.297. The van der Waals surface area contributed by atoms with Gasteiger partial charge in [-0.15, -0.1) is 0 Å². The second-order valence-corrected chi connectivity index (χ2v) is 7.11. The lowest BCUT2D eigenvalue weighted by molar-refractivity contribution is -0.135. The monoisotopic (exact) mass is 394 g/mol. The average Bonchev–Trinajstić information content (AvgIpc) is 2.66. The Balaban J connectivity index is 1.77. The molecule has 1 saturated heterocycles. The summed E-state index contributed by atoms with van der Waals surface area (Å²) in [6, 6.07) is 6.92. The minimum absolute atomic E-state index is 0.0480. The summed E-state index contributed by atoms with van der Waals surface area (Å²) >= 11 is 5.95. The van der Waals surface area contributed by atoms with E-state index in [0.29, 0.717) is 43.3 Å². The molecule has 0 atom stereocenters. The van der Waals surface area contributed by atoms with E-state index in [4.69, 9.17) is 11.6 Å². The molecule has 0 spiro atoms. The van der Waals surface area contributed by atoms with Gasteiger partial charge < -0.3 is 15.1 Å². The highest BCUT2D eigenvalue weighted by molar-refractivity contribution is 6.30. The van der Waals surface area contributed by atoms with E-state index in [2.05, 4.69) is 5.32 Å². The third-order valence-electron chi connectivity index (χ3n) is 4.47. The van der Waals surface area contributed by atoms with E-state index < -0.39 is 0 Å². The van der Waals surface area contributed by atoms with E-state index >= 15 is 0 Å². The maximum Gasteiger partial charge on any atom is 0.253 e. The second-order valence-electron chi connectivity index (χ2n) is 6.68. The van der Waals surface area contributed by atoms with Crippen LogP contribution < -0.4 is 5.32 Å². The summed E-state index contributed by atoms with van der Waals surface area (Å²) in [5, 5.41) is 3.30. The predicted octanol–water partition coefficient (Wildman–Crippen LogP) is 1.08. The molecule has 1 heterocycles. The summed E-state index contributed by atoms with van der Waals surface area (Å²) in [7, 11) is 1.63. The number of carbonyl (C=O) groups excluding carboxylic acids is 3. The lowest BCUT2D eigenvalue weighted by atomic mass is 10.2. The molecule has 0 bridgehead atoms. The number of hydrogen-bond donors (Lipinski definition) is 1. The third-order valence-corrected chi connectivity index (χ3v) is 4.70. The highest BCUT2D eigenvalue weighted by atomic mass is 35.5. The standard InChI is InChI=1S/C19H27ClN4O3/c1-3-7-21-17(25)13-22(2)18(26)14-23-8-10-24(11-9-23)19(27)15-5-4-6-16(20)12-15/h4-6,12H,3,7-11,13-14H2,1-2H3,(H,21,25). The molecule has 1 aromatic carbocycles. The van der Waals surface area contributed by atoms with Crippen LogP contribution in [0.4, 0.5) is 0 Å². The van der Waals surface area contributed by atoms with Crippen LogP contribution in [0.1, 0.15) is 23.7 Å². The molecular weight excluding hydrogens is 368 g/mol. The van der Waals surface area contributed by atoms with Gasteiger partial charge in [-0.05, 0) is 24.6 Å². The number of hydrogen-bond acceptors (Lipinski definition) is 4. The molecular formula is C19H27ClN4O3. The van der Waals surface area contributed by atoms with Crippen LogP contribution >= 0.6 is 11.6 Å². The molecule has 8 heteroatoms. The fourth-order valence-electron chi connectivity index (χ4n) is 2.85. The van der Waals surface area contributed by atoms with Gasteiger partial charge >= 0.3 is 0 Å². The lowest BCUT2D eigenvalue weighted by Gasteiger charge is -2.35. The largest absolute Gasteiger partial charge is 0.355 e. The van der Waals surface area contributed by atoms with Crippen LogP contribution in [0.15, 0.2) is 24.3 Å². The Hall–Kier alpha value is -2.12. The van der Waals surface area contributed by atoms with Crippen LogP contribution in [0.25, 0.3) is 0 Å². The van der Waals surface area contributed by atoms with Gasteiger partial charge in [0.25, 0.3) is 5.91 Å². The average molecular weight is 395 g/mol. The molecule has 27 heavy (non-hydrogen) atoms. The maximum atomic E-state index is 12.5. The smallest absolute Gasteiger partial charge is 0.253 e. The predicted molar refractivity (Wildman–Crippen MR) is 105 cm³/mol. The molecule has 0 aliphatic carbocycles. The Morgan fingerprint density at radius 1 is 1.19 bits per heavy atom. The van der Waals surface area contributed by atoms with Crippen LogP contribution in [0.2, 0.25) is 5.02 Å². The Morgan fingerprint density at radius 3 is 2.52 bits per heavy atom. The summed E-state index contributed by atoms with van der Waals surface area (Å²) in [6.07, 6.45) is 0.863. The Kier molecular flexibility index (Phi) is 8.06. The first-order valence-corrected chi connectivity index (χ1v) is 9.56. The number of piperazine rings is 1. The van der Waals surface area contributed by atoms with Gasteiger partial charge in [0.1, 0.15) is 0 Å². The van der Waals surface area contributed by atoms with Crippen molar-refractivity contribution in [2.24, 2.45) is 0 Å². The molecule has 0 saturated carbocycles. The van der Waals surface area contributed by atoms with Crippen molar-refractivity contribution in [1.29, 1.82) is 0 Å². The molecule has 148 valence electrons. The zero-order chi connectivity index (χ0) is 19.8. The third kappa shape index (κ3) is 6.52. The summed E-state index contributed by atoms with van der Waals surface area (Å²) < 4.78 is 0. The van der Waals surface area contributed by atoms with E-state index in [1.807, 2.05) is 11.8 Å². The molecule has 0 aromatic heterocycles. The molecule has 1 fully saturated rings. The Morgan fingerprint density at radius 2 is 1.89 bits per heavy atom. The van der Waals surface area contributed by atoms with Gasteiger partial charge in [-0.3, -0.25) is 19.3 Å². The van der Waals surface area contributed by atoms with Crippen LogP contribution in [0, 0.1) is 0 Å². The van der Waals surface area contributed by atoms with Crippen molar-refractivity contribution in [2.75, 3.05) is 52.9 Å². The van der Waals surface area contributed by atoms with Gasteiger partial charge in [0.2, 0.25) is 11.8 Å². The topological polar surface area (TPSA) is 73.0 Å². The molecule has 3 amide bonds. The van der Waals surface area contributed by atoms with Crippen LogP contribution in [0.5, 0.6) is 0 Å². The number of amides is 3. The fraction of sp³-hybridized carbons (Fsp3) is 0.526. The Bertz CT molecular complexity index is 675. The summed E-state index contributed by atoms with van der Waals surface area (Å²) in [4.78, 5) is 41.8. The number of nitrogens with zero attached hydrogens (tertiary/aromatic N) is 3. The van der Waals surface area contributed by atoms with Crippen molar-refractivity contribution < 1.29 is 14.4 Å². The normalized spacial score (nSPS) is 14.7. The van der Waals surface area contributed by atoms with Gasteiger partial charge in [0, 0.05) is 50.4 Å². The molecule has 1 aliphatic rings. The van der Waals surface area contributed by atoms with E-state index in [9.17, 15) is 14.4 Å². The van der Waals surface area contributed by atoms with Crippen molar-refractivity contribution in [3.63, 3.8) is 0 Å². The van der Waals surface area contributed by atoms with Gasteiger partial charge in [-0.2, -0.15) is 0 Å². The molecule has 1 aromatic rings. The fourth-order valence-corrected chi connectivity index (χ4v) is 3.04. The first-order chi connectivity index (χ1) is 12.9. The van der Waals surface area contributed by atoms with E-state index in [-0.39, 0.29) is 30.8 Å². The lowest BCUT2D eigenvalue weighted by Crippen LogP contribution is -2.51. The van der Waals surface area contributed by atoms with Crippen molar-refractivity contribution in [3.8, 4) is 0 Å². The highest BCUT2D eigenvalue weighted by Crippen LogP contribution is 2.14. The minimum atomic E-state index is -0.148. The maximum absolute atomic E-state index is 12.5. The molecule has 0 radical (unpaired) electrons. The minimum Gasteiger partial charge on any atom is -0.355 e. The summed E-state index contributed by atoms with van der Waals surface area (Å²) in [5.41, 5.74) is 0.574. The highest BCUT2D eigenvalue weighted by Gasteiger charge is 2.24. The summed E-state index contributed by atoms with van der Waals surface area (Å²) in [6.45, 7) is 5.25. The number of rotatable bonds is 7. The number of halogens is 1. The van der Waals surface area contributed by atoms with E-state index in [0.717, 1.165) is 6.42 Å². The SMILES string of the molecule is CCCNC(=O)CN(C)C(=O)CN1CCN(C(=O)c2cccc(Cl)c2)CC1. The Labute approximate surface area is 165 Å². The second kappa shape index (κ2) is 10.3. The van der Waals surface area contributed by atoms with Crippen molar-refractivity contribution in [3.05, 3.63) is 34.9 Å².